The van der Waals surface area contributed by atoms with E-state index in [1.54, 1.807) is 13.3 Å². The van der Waals surface area contributed by atoms with Gasteiger partial charge in [0.1, 0.15) is 11.5 Å². The Balaban J connectivity index is 1.66. The van der Waals surface area contributed by atoms with E-state index >= 15 is 0 Å². The molecule has 136 valence electrons. The highest BCUT2D eigenvalue weighted by Gasteiger charge is 2.26. The van der Waals surface area contributed by atoms with E-state index < -0.39 is 0 Å². The summed E-state index contributed by atoms with van der Waals surface area (Å²) in [5, 5.41) is 7.23. The van der Waals surface area contributed by atoms with Crippen LogP contribution >= 0.6 is 0 Å². The predicted molar refractivity (Wildman–Crippen MR) is 94.5 cm³/mol. The van der Waals surface area contributed by atoms with E-state index in [4.69, 9.17) is 4.74 Å². The summed E-state index contributed by atoms with van der Waals surface area (Å²) in [4.78, 5) is 19.0. The number of nitrogens with zero attached hydrogens (tertiary/aromatic N) is 4. The Kier molecular flexibility index (Phi) is 5.53. The highest BCUT2D eigenvalue weighted by Crippen LogP contribution is 2.19. The molecule has 0 unspecified atom stereocenters. The van der Waals surface area contributed by atoms with Crippen molar-refractivity contribution in [3.05, 3.63) is 35.7 Å². The maximum atomic E-state index is 12.7. The number of aromatic amines is 1. The molecule has 0 spiro atoms. The van der Waals surface area contributed by atoms with E-state index in [0.29, 0.717) is 30.7 Å². The SMILES string of the molecule is COC[C@@H]1CCCN(C(=O)c2cc(Cn3ccnc3C(C)C)[nH]n2)C1. The number of rotatable bonds is 6. The molecule has 1 saturated heterocycles. The number of H-pyrrole nitrogens is 1. The third kappa shape index (κ3) is 4.10. The molecule has 1 amide bonds. The number of ether oxygens (including phenoxy) is 1. The Morgan fingerprint density at radius 3 is 3.08 bits per heavy atom. The molecule has 1 aliphatic heterocycles. The molecule has 1 fully saturated rings. The van der Waals surface area contributed by atoms with Gasteiger partial charge in [-0.2, -0.15) is 5.10 Å². The number of amides is 1. The van der Waals surface area contributed by atoms with E-state index in [-0.39, 0.29) is 5.91 Å². The molecule has 0 radical (unpaired) electrons. The van der Waals surface area contributed by atoms with Crippen LogP contribution in [0.15, 0.2) is 18.5 Å². The van der Waals surface area contributed by atoms with Crippen LogP contribution in [-0.4, -0.2) is 57.4 Å². The number of likely N-dealkylation sites (tertiary alicyclic amines) is 1. The van der Waals surface area contributed by atoms with Gasteiger partial charge < -0.3 is 14.2 Å². The minimum absolute atomic E-state index is 0.00184. The number of piperidine rings is 1. The van der Waals surface area contributed by atoms with Crippen LogP contribution in [0, 0.1) is 5.92 Å². The number of methoxy groups -OCH3 is 1. The minimum Gasteiger partial charge on any atom is -0.384 e. The summed E-state index contributed by atoms with van der Waals surface area (Å²) in [6, 6.07) is 1.85. The molecule has 2 aromatic rings. The van der Waals surface area contributed by atoms with Crippen LogP contribution in [0.1, 0.15) is 54.6 Å². The lowest BCUT2D eigenvalue weighted by Gasteiger charge is -2.31. The second-order valence-corrected chi connectivity index (χ2v) is 7.06. The first-order valence-corrected chi connectivity index (χ1v) is 8.92. The topological polar surface area (TPSA) is 76.0 Å². The van der Waals surface area contributed by atoms with Gasteiger partial charge in [-0.1, -0.05) is 13.8 Å². The van der Waals surface area contributed by atoms with Crippen molar-refractivity contribution in [2.24, 2.45) is 5.92 Å². The van der Waals surface area contributed by atoms with E-state index in [1.807, 2.05) is 17.2 Å². The number of hydrogen-bond donors (Lipinski definition) is 1. The average Bonchev–Trinajstić information content (AvgIpc) is 3.25. The highest BCUT2D eigenvalue weighted by atomic mass is 16.5. The molecule has 1 N–H and O–H groups in total. The fraction of sp³-hybridized carbons (Fsp3) is 0.611. The van der Waals surface area contributed by atoms with Crippen molar-refractivity contribution < 1.29 is 9.53 Å². The first-order valence-electron chi connectivity index (χ1n) is 8.92. The lowest BCUT2D eigenvalue weighted by Crippen LogP contribution is -2.41. The van der Waals surface area contributed by atoms with Crippen LogP contribution in [0.4, 0.5) is 0 Å². The molecule has 0 aliphatic carbocycles. The third-order valence-electron chi connectivity index (χ3n) is 4.66. The summed E-state index contributed by atoms with van der Waals surface area (Å²) < 4.78 is 7.33. The molecule has 0 bridgehead atoms. The first kappa shape index (κ1) is 17.7. The van der Waals surface area contributed by atoms with Crippen molar-refractivity contribution in [1.29, 1.82) is 0 Å². The summed E-state index contributed by atoms with van der Waals surface area (Å²) in [5.41, 5.74) is 1.40. The van der Waals surface area contributed by atoms with Gasteiger partial charge in [-0.3, -0.25) is 9.89 Å². The predicted octanol–water partition coefficient (Wildman–Crippen LogP) is 2.28. The van der Waals surface area contributed by atoms with Crippen LogP contribution in [-0.2, 0) is 11.3 Å². The zero-order chi connectivity index (χ0) is 17.8. The van der Waals surface area contributed by atoms with Crippen LogP contribution in [0.3, 0.4) is 0 Å². The Bertz CT molecular complexity index is 704. The normalized spacial score (nSPS) is 18.1. The molecule has 0 aromatic carbocycles. The van der Waals surface area contributed by atoms with Gasteiger partial charge in [-0.15, -0.1) is 0 Å². The van der Waals surface area contributed by atoms with Crippen LogP contribution in [0.25, 0.3) is 0 Å². The van der Waals surface area contributed by atoms with Gasteiger partial charge in [0.25, 0.3) is 5.91 Å². The second-order valence-electron chi connectivity index (χ2n) is 7.06. The Morgan fingerprint density at radius 2 is 2.32 bits per heavy atom. The second kappa shape index (κ2) is 7.82. The van der Waals surface area contributed by atoms with Crippen molar-refractivity contribution in [2.75, 3.05) is 26.8 Å². The summed E-state index contributed by atoms with van der Waals surface area (Å²) in [6.07, 6.45) is 5.89. The molecule has 0 saturated carbocycles. The van der Waals surface area contributed by atoms with E-state index in [1.165, 1.54) is 0 Å². The molecule has 7 nitrogen and oxygen atoms in total. The quantitative estimate of drug-likeness (QED) is 0.871. The number of nitrogens with one attached hydrogen (secondary N) is 1. The molecule has 3 rings (SSSR count). The maximum Gasteiger partial charge on any atom is 0.274 e. The van der Waals surface area contributed by atoms with Gasteiger partial charge in [0.15, 0.2) is 0 Å². The smallest absolute Gasteiger partial charge is 0.274 e. The average molecular weight is 345 g/mol. The Hall–Kier alpha value is -2.15. The van der Waals surface area contributed by atoms with E-state index in [2.05, 4.69) is 33.6 Å². The molecule has 7 heteroatoms. The van der Waals surface area contributed by atoms with Crippen molar-refractivity contribution in [1.82, 2.24) is 24.6 Å². The largest absolute Gasteiger partial charge is 0.384 e. The van der Waals surface area contributed by atoms with Crippen molar-refractivity contribution in [3.63, 3.8) is 0 Å². The summed E-state index contributed by atoms with van der Waals surface area (Å²) in [5.74, 6) is 1.80. The highest BCUT2D eigenvalue weighted by molar-refractivity contribution is 5.92. The monoisotopic (exact) mass is 345 g/mol. The molecule has 1 aliphatic rings. The maximum absolute atomic E-state index is 12.7. The molecular formula is C18H27N5O2. The Labute approximate surface area is 148 Å². The van der Waals surface area contributed by atoms with Crippen LogP contribution in [0.5, 0.6) is 0 Å². The van der Waals surface area contributed by atoms with Gasteiger partial charge in [0.2, 0.25) is 0 Å². The molecule has 3 heterocycles. The van der Waals surface area contributed by atoms with Crippen LogP contribution < -0.4 is 0 Å². The van der Waals surface area contributed by atoms with Gasteiger partial charge in [-0.05, 0) is 24.8 Å². The van der Waals surface area contributed by atoms with Gasteiger partial charge in [0.05, 0.1) is 18.8 Å². The van der Waals surface area contributed by atoms with E-state index in [9.17, 15) is 4.79 Å². The fourth-order valence-corrected chi connectivity index (χ4v) is 3.47. The summed E-state index contributed by atoms with van der Waals surface area (Å²) in [7, 11) is 1.71. The molecule has 1 atom stereocenters. The van der Waals surface area contributed by atoms with Gasteiger partial charge in [0, 0.05) is 38.5 Å². The zero-order valence-electron chi connectivity index (χ0n) is 15.2. The lowest BCUT2D eigenvalue weighted by atomic mass is 9.99. The standard InChI is InChI=1S/C18H27N5O2/c1-13(2)17-19-6-8-22(17)11-15-9-16(21-20-15)18(24)23-7-4-5-14(10-23)12-25-3/h6,8-9,13-14H,4-5,7,10-12H2,1-3H3,(H,20,21)/t14-/m1/s1. The molecule has 25 heavy (non-hydrogen) atoms. The third-order valence-corrected chi connectivity index (χ3v) is 4.66. The fourth-order valence-electron chi connectivity index (χ4n) is 3.47. The van der Waals surface area contributed by atoms with Crippen molar-refractivity contribution in [2.45, 2.75) is 39.2 Å². The van der Waals surface area contributed by atoms with Crippen LogP contribution in [0.2, 0.25) is 0 Å². The van der Waals surface area contributed by atoms with Crippen molar-refractivity contribution in [3.8, 4) is 0 Å². The summed E-state index contributed by atoms with van der Waals surface area (Å²) in [6.45, 7) is 7.11. The number of hydrogen-bond acceptors (Lipinski definition) is 4. The number of carbonyl (C=O) groups excluding carboxylic acids is 1. The van der Waals surface area contributed by atoms with E-state index in [0.717, 1.165) is 37.4 Å². The number of aromatic nitrogens is 4. The first-order chi connectivity index (χ1) is 12.1. The summed E-state index contributed by atoms with van der Waals surface area (Å²) >= 11 is 0. The molecule has 2 aromatic heterocycles. The van der Waals surface area contributed by atoms with Gasteiger partial charge in [-0.25, -0.2) is 4.98 Å². The minimum atomic E-state index is -0.00184. The van der Waals surface area contributed by atoms with Gasteiger partial charge >= 0.3 is 0 Å². The van der Waals surface area contributed by atoms with Crippen molar-refractivity contribution >= 4 is 5.91 Å². The number of imidazole rings is 1. The number of carbonyl (C=O) groups is 1. The Morgan fingerprint density at radius 1 is 1.48 bits per heavy atom. The lowest BCUT2D eigenvalue weighted by molar-refractivity contribution is 0.0565. The molecular weight excluding hydrogens is 318 g/mol. The zero-order valence-corrected chi connectivity index (χ0v) is 15.2.